The largest absolute Gasteiger partial charge is 0.477 e. The van der Waals surface area contributed by atoms with E-state index >= 15 is 0 Å². The number of likely N-dealkylation sites (tertiary alicyclic amines) is 1. The van der Waals surface area contributed by atoms with E-state index in [1.807, 2.05) is 11.8 Å². The van der Waals surface area contributed by atoms with Crippen LogP contribution in [0, 0.1) is 0 Å². The lowest BCUT2D eigenvalue weighted by Crippen LogP contribution is -2.41. The van der Waals surface area contributed by atoms with Crippen molar-refractivity contribution in [1.29, 1.82) is 0 Å². The van der Waals surface area contributed by atoms with Gasteiger partial charge in [0, 0.05) is 38.5 Å². The maximum atomic E-state index is 11.3. The number of carbonyl (C=O) groups excluding carboxylic acids is 1. The Morgan fingerprint density at radius 3 is 2.57 bits per heavy atom. The van der Waals surface area contributed by atoms with E-state index in [-0.39, 0.29) is 17.6 Å². The molecule has 0 spiro atoms. The van der Waals surface area contributed by atoms with Gasteiger partial charge in [0.15, 0.2) is 5.69 Å². The van der Waals surface area contributed by atoms with Gasteiger partial charge in [0.05, 0.1) is 0 Å². The van der Waals surface area contributed by atoms with Gasteiger partial charge in [-0.15, -0.1) is 0 Å². The van der Waals surface area contributed by atoms with Crippen molar-refractivity contribution in [3.8, 4) is 0 Å². The van der Waals surface area contributed by atoms with Crippen molar-refractivity contribution < 1.29 is 14.7 Å². The Morgan fingerprint density at radius 1 is 1.38 bits per heavy atom. The molecule has 1 amide bonds. The number of anilines is 1. The van der Waals surface area contributed by atoms with Gasteiger partial charge in [-0.05, 0) is 12.8 Å². The minimum atomic E-state index is -1.05. The molecule has 7 nitrogen and oxygen atoms in total. The first kappa shape index (κ1) is 15.2. The molecule has 1 aromatic rings. The van der Waals surface area contributed by atoms with Crippen molar-refractivity contribution in [1.82, 2.24) is 14.9 Å². The van der Waals surface area contributed by atoms with Crippen LogP contribution in [0.15, 0.2) is 6.07 Å². The van der Waals surface area contributed by atoms with Crippen LogP contribution >= 0.6 is 0 Å². The molecule has 1 aliphatic heterocycles. The van der Waals surface area contributed by atoms with E-state index in [1.54, 1.807) is 6.92 Å². The summed E-state index contributed by atoms with van der Waals surface area (Å²) >= 11 is 0. The molecule has 2 N–H and O–H groups in total. The SMILES string of the molecule is CCc1nc(NC2CCN(C(C)=O)CC2)cc(C(=O)O)n1. The summed E-state index contributed by atoms with van der Waals surface area (Å²) < 4.78 is 0. The van der Waals surface area contributed by atoms with Crippen LogP contribution in [0.1, 0.15) is 43.0 Å². The Hall–Kier alpha value is -2.18. The maximum Gasteiger partial charge on any atom is 0.354 e. The Bertz CT molecular complexity index is 539. The topological polar surface area (TPSA) is 95.4 Å². The Labute approximate surface area is 123 Å². The molecule has 2 heterocycles. The first-order chi connectivity index (χ1) is 9.99. The fourth-order valence-corrected chi connectivity index (χ4v) is 2.39. The molecule has 0 atom stereocenters. The third kappa shape index (κ3) is 3.90. The molecule has 0 aromatic carbocycles. The first-order valence-electron chi connectivity index (χ1n) is 7.13. The summed E-state index contributed by atoms with van der Waals surface area (Å²) in [4.78, 5) is 32.5. The molecule has 1 fully saturated rings. The smallest absolute Gasteiger partial charge is 0.354 e. The molecule has 0 unspecified atom stereocenters. The average Bonchev–Trinajstić information content (AvgIpc) is 2.47. The lowest BCUT2D eigenvalue weighted by Gasteiger charge is -2.32. The maximum absolute atomic E-state index is 11.3. The summed E-state index contributed by atoms with van der Waals surface area (Å²) in [5.74, 6) is 0.0950. The predicted molar refractivity (Wildman–Crippen MR) is 77.3 cm³/mol. The van der Waals surface area contributed by atoms with Crippen LogP contribution in [0.2, 0.25) is 0 Å². The van der Waals surface area contributed by atoms with E-state index in [0.717, 1.165) is 12.8 Å². The number of aryl methyl sites for hydroxylation is 1. The Morgan fingerprint density at radius 2 is 2.05 bits per heavy atom. The summed E-state index contributed by atoms with van der Waals surface area (Å²) in [6, 6.07) is 1.65. The van der Waals surface area contributed by atoms with Crippen LogP contribution in [0.3, 0.4) is 0 Å². The number of amides is 1. The van der Waals surface area contributed by atoms with Crippen LogP contribution in [-0.2, 0) is 11.2 Å². The number of rotatable bonds is 4. The Kier molecular flexibility index (Phi) is 4.72. The van der Waals surface area contributed by atoms with E-state index < -0.39 is 5.97 Å². The van der Waals surface area contributed by atoms with Gasteiger partial charge < -0.3 is 15.3 Å². The van der Waals surface area contributed by atoms with Crippen LogP contribution in [-0.4, -0.2) is 51.0 Å². The minimum absolute atomic E-state index is 0.00511. The summed E-state index contributed by atoms with van der Waals surface area (Å²) in [5, 5.41) is 12.3. The summed E-state index contributed by atoms with van der Waals surface area (Å²) in [7, 11) is 0. The molecule has 0 bridgehead atoms. The second-order valence-corrected chi connectivity index (χ2v) is 5.14. The van der Waals surface area contributed by atoms with E-state index in [2.05, 4.69) is 15.3 Å². The fraction of sp³-hybridized carbons (Fsp3) is 0.571. The molecule has 21 heavy (non-hydrogen) atoms. The zero-order valence-electron chi connectivity index (χ0n) is 12.3. The predicted octanol–water partition coefficient (Wildman–Crippen LogP) is 1.16. The zero-order valence-corrected chi connectivity index (χ0v) is 12.3. The normalized spacial score (nSPS) is 15.8. The van der Waals surface area contributed by atoms with Gasteiger partial charge in [-0.25, -0.2) is 14.8 Å². The molecular formula is C14H20N4O3. The lowest BCUT2D eigenvalue weighted by molar-refractivity contribution is -0.129. The second-order valence-electron chi connectivity index (χ2n) is 5.14. The second kappa shape index (κ2) is 6.51. The molecule has 7 heteroatoms. The molecule has 0 radical (unpaired) electrons. The van der Waals surface area contributed by atoms with E-state index in [0.29, 0.717) is 31.2 Å². The van der Waals surface area contributed by atoms with Gasteiger partial charge in [-0.3, -0.25) is 4.79 Å². The van der Waals surface area contributed by atoms with Gasteiger partial charge in [0.2, 0.25) is 5.91 Å². The minimum Gasteiger partial charge on any atom is -0.477 e. The van der Waals surface area contributed by atoms with Gasteiger partial charge in [-0.2, -0.15) is 0 Å². The van der Waals surface area contributed by atoms with Crippen molar-refractivity contribution in [3.05, 3.63) is 17.6 Å². The van der Waals surface area contributed by atoms with Crippen LogP contribution in [0.5, 0.6) is 0 Å². The number of hydrogen-bond donors (Lipinski definition) is 2. The lowest BCUT2D eigenvalue weighted by atomic mass is 10.1. The van der Waals surface area contributed by atoms with Crippen molar-refractivity contribution in [2.24, 2.45) is 0 Å². The first-order valence-corrected chi connectivity index (χ1v) is 7.13. The van der Waals surface area contributed by atoms with Gasteiger partial charge >= 0.3 is 5.97 Å². The molecule has 0 aliphatic carbocycles. The van der Waals surface area contributed by atoms with Crippen molar-refractivity contribution in [2.45, 2.75) is 39.2 Å². The highest BCUT2D eigenvalue weighted by Gasteiger charge is 2.21. The molecule has 0 saturated carbocycles. The van der Waals surface area contributed by atoms with Crippen molar-refractivity contribution in [2.75, 3.05) is 18.4 Å². The number of carbonyl (C=O) groups is 2. The van der Waals surface area contributed by atoms with Gasteiger partial charge in [0.1, 0.15) is 11.6 Å². The monoisotopic (exact) mass is 292 g/mol. The van der Waals surface area contributed by atoms with Gasteiger partial charge in [-0.1, -0.05) is 6.92 Å². The Balaban J connectivity index is 2.04. The van der Waals surface area contributed by atoms with E-state index in [9.17, 15) is 9.59 Å². The number of piperidine rings is 1. The number of nitrogens with one attached hydrogen (secondary N) is 1. The quantitative estimate of drug-likeness (QED) is 0.864. The molecule has 1 aromatic heterocycles. The van der Waals surface area contributed by atoms with E-state index in [1.165, 1.54) is 6.07 Å². The highest BCUT2D eigenvalue weighted by molar-refractivity contribution is 5.86. The average molecular weight is 292 g/mol. The molecular weight excluding hydrogens is 272 g/mol. The number of hydrogen-bond acceptors (Lipinski definition) is 5. The standard InChI is InChI=1S/C14H20N4O3/c1-3-12-16-11(14(20)21)8-13(17-12)15-10-4-6-18(7-5-10)9(2)19/h8,10H,3-7H2,1-2H3,(H,20,21)(H,15,16,17). The summed E-state index contributed by atoms with van der Waals surface area (Å²) in [6.07, 6.45) is 2.24. The third-order valence-electron chi connectivity index (χ3n) is 3.60. The molecule has 1 saturated heterocycles. The zero-order chi connectivity index (χ0) is 15.4. The van der Waals surface area contributed by atoms with Crippen LogP contribution < -0.4 is 5.32 Å². The van der Waals surface area contributed by atoms with Crippen molar-refractivity contribution >= 4 is 17.7 Å². The highest BCUT2D eigenvalue weighted by Crippen LogP contribution is 2.16. The number of aromatic nitrogens is 2. The molecule has 1 aliphatic rings. The number of nitrogens with zero attached hydrogens (tertiary/aromatic N) is 3. The number of carboxylic acid groups (broad SMARTS) is 1. The van der Waals surface area contributed by atoms with Crippen molar-refractivity contribution in [3.63, 3.8) is 0 Å². The summed E-state index contributed by atoms with van der Waals surface area (Å²) in [5.41, 5.74) is 0.00511. The third-order valence-corrected chi connectivity index (χ3v) is 3.60. The van der Waals surface area contributed by atoms with E-state index in [4.69, 9.17) is 5.11 Å². The fourth-order valence-electron chi connectivity index (χ4n) is 2.39. The van der Waals surface area contributed by atoms with Crippen LogP contribution in [0.4, 0.5) is 5.82 Å². The van der Waals surface area contributed by atoms with Gasteiger partial charge in [0.25, 0.3) is 0 Å². The van der Waals surface area contributed by atoms with Crippen LogP contribution in [0.25, 0.3) is 0 Å². The highest BCUT2D eigenvalue weighted by atomic mass is 16.4. The molecule has 114 valence electrons. The summed E-state index contributed by atoms with van der Waals surface area (Å²) in [6.45, 7) is 4.88. The molecule has 2 rings (SSSR count). The number of aromatic carboxylic acids is 1. The number of carboxylic acids is 1.